The van der Waals surface area contributed by atoms with E-state index in [-0.39, 0.29) is 5.91 Å². The number of hydrogen-bond donors (Lipinski definition) is 0. The van der Waals surface area contributed by atoms with Gasteiger partial charge in [-0.3, -0.25) is 4.79 Å². The summed E-state index contributed by atoms with van der Waals surface area (Å²) in [5.41, 5.74) is 0.298. The molecule has 0 atom stereocenters. The lowest BCUT2D eigenvalue weighted by Gasteiger charge is -2.19. The van der Waals surface area contributed by atoms with Gasteiger partial charge in [0.2, 0.25) is 5.91 Å². The summed E-state index contributed by atoms with van der Waals surface area (Å²) in [6.07, 6.45) is 0.770. The Morgan fingerprint density at radius 2 is 2.20 bits per heavy atom. The van der Waals surface area contributed by atoms with Gasteiger partial charge in [-0.15, -0.1) is 11.3 Å². The van der Waals surface area contributed by atoms with Crippen LogP contribution in [0.25, 0.3) is 0 Å². The van der Waals surface area contributed by atoms with Crippen LogP contribution < -0.4 is 0 Å². The third kappa shape index (κ3) is 5.26. The first-order valence-electron chi connectivity index (χ1n) is 6.44. The van der Waals surface area contributed by atoms with Crippen LogP contribution in [-0.2, 0) is 20.8 Å². The summed E-state index contributed by atoms with van der Waals surface area (Å²) in [4.78, 5) is 29.0. The van der Waals surface area contributed by atoms with Crippen LogP contribution in [0.2, 0.25) is 0 Å². The van der Waals surface area contributed by atoms with Gasteiger partial charge < -0.3 is 14.4 Å². The summed E-state index contributed by atoms with van der Waals surface area (Å²) in [6.45, 7) is 5.21. The predicted molar refractivity (Wildman–Crippen MR) is 75.7 cm³/mol. The van der Waals surface area contributed by atoms with E-state index in [1.807, 2.05) is 0 Å². The lowest BCUT2D eigenvalue weighted by atomic mass is 10.3. The van der Waals surface area contributed by atoms with E-state index >= 15 is 0 Å². The maximum atomic E-state index is 11.6. The van der Waals surface area contributed by atoms with E-state index in [0.29, 0.717) is 32.0 Å². The molecule has 0 radical (unpaired) electrons. The van der Waals surface area contributed by atoms with Crippen molar-refractivity contribution < 1.29 is 19.1 Å². The molecule has 112 valence electrons. The fraction of sp³-hybridized carbons (Fsp3) is 0.615. The highest BCUT2D eigenvalue weighted by Gasteiger charge is 2.15. The molecule has 0 aromatic carbocycles. The Hall–Kier alpha value is -1.47. The molecule has 20 heavy (non-hydrogen) atoms. The van der Waals surface area contributed by atoms with Crippen molar-refractivity contribution in [3.05, 3.63) is 16.1 Å². The summed E-state index contributed by atoms with van der Waals surface area (Å²) >= 11 is 1.35. The molecule has 0 aliphatic carbocycles. The Morgan fingerprint density at radius 3 is 2.80 bits per heavy atom. The highest BCUT2D eigenvalue weighted by atomic mass is 32.1. The van der Waals surface area contributed by atoms with Gasteiger partial charge in [-0.1, -0.05) is 0 Å². The van der Waals surface area contributed by atoms with Crippen LogP contribution in [0.1, 0.15) is 35.8 Å². The van der Waals surface area contributed by atoms with E-state index in [0.717, 1.165) is 11.4 Å². The number of nitrogens with zero attached hydrogens (tertiary/aromatic N) is 2. The molecule has 0 saturated heterocycles. The molecule has 0 saturated carbocycles. The summed E-state index contributed by atoms with van der Waals surface area (Å²) in [5.74, 6) is -0.447. The van der Waals surface area contributed by atoms with Gasteiger partial charge in [-0.25, -0.2) is 9.78 Å². The van der Waals surface area contributed by atoms with Gasteiger partial charge in [0.05, 0.1) is 13.2 Å². The number of rotatable bonds is 8. The smallest absolute Gasteiger partial charge is 0.357 e. The molecule has 0 aliphatic rings. The van der Waals surface area contributed by atoms with Gasteiger partial charge >= 0.3 is 5.97 Å². The predicted octanol–water partition coefficient (Wildman–Crippen LogP) is 1.70. The number of esters is 1. The average Bonchev–Trinajstić information content (AvgIpc) is 2.86. The summed E-state index contributed by atoms with van der Waals surface area (Å²) in [6, 6.07) is 0. The van der Waals surface area contributed by atoms with E-state index in [4.69, 9.17) is 9.47 Å². The highest BCUT2D eigenvalue weighted by molar-refractivity contribution is 7.09. The molecular formula is C13H20N2O4S. The van der Waals surface area contributed by atoms with Gasteiger partial charge in [-0.05, 0) is 13.3 Å². The van der Waals surface area contributed by atoms with Crippen LogP contribution in [0.3, 0.4) is 0 Å². The number of aromatic nitrogens is 1. The number of carbonyl (C=O) groups is 2. The zero-order valence-corrected chi connectivity index (χ0v) is 12.9. The minimum atomic E-state index is -0.427. The summed E-state index contributed by atoms with van der Waals surface area (Å²) in [5, 5.41) is 2.38. The van der Waals surface area contributed by atoms with Crippen LogP contribution in [0.15, 0.2) is 5.38 Å². The van der Waals surface area contributed by atoms with E-state index < -0.39 is 5.97 Å². The lowest BCUT2D eigenvalue weighted by molar-refractivity contribution is -0.129. The molecule has 7 heteroatoms. The van der Waals surface area contributed by atoms with Crippen molar-refractivity contribution in [3.63, 3.8) is 0 Å². The molecule has 0 N–H and O–H groups in total. The van der Waals surface area contributed by atoms with Crippen molar-refractivity contribution in [2.24, 2.45) is 0 Å². The molecular weight excluding hydrogens is 280 g/mol. The zero-order valence-electron chi connectivity index (χ0n) is 12.0. The molecule has 1 rings (SSSR count). The Balaban J connectivity index is 2.60. The zero-order chi connectivity index (χ0) is 15.0. The molecule has 0 unspecified atom stereocenters. The first kappa shape index (κ1) is 16.6. The van der Waals surface area contributed by atoms with Gasteiger partial charge in [0.25, 0.3) is 0 Å². The van der Waals surface area contributed by atoms with Crippen LogP contribution in [0.4, 0.5) is 0 Å². The van der Waals surface area contributed by atoms with Crippen molar-refractivity contribution in [1.82, 2.24) is 9.88 Å². The number of amides is 1. The van der Waals surface area contributed by atoms with Crippen molar-refractivity contribution in [2.75, 3.05) is 26.9 Å². The summed E-state index contributed by atoms with van der Waals surface area (Å²) < 4.78 is 9.85. The Morgan fingerprint density at radius 1 is 1.45 bits per heavy atom. The van der Waals surface area contributed by atoms with Crippen molar-refractivity contribution in [2.45, 2.75) is 26.8 Å². The van der Waals surface area contributed by atoms with Crippen molar-refractivity contribution >= 4 is 23.2 Å². The molecule has 1 aromatic rings. The summed E-state index contributed by atoms with van der Waals surface area (Å²) in [7, 11) is 1.63. The van der Waals surface area contributed by atoms with Gasteiger partial charge in [0.15, 0.2) is 5.69 Å². The molecule has 0 fully saturated rings. The first-order chi connectivity index (χ1) is 9.58. The van der Waals surface area contributed by atoms with Crippen molar-refractivity contribution in [1.29, 1.82) is 0 Å². The normalized spacial score (nSPS) is 10.3. The SMILES string of the molecule is CCOC(=O)c1csc(CN(CCCOC)C(C)=O)n1. The first-order valence-corrected chi connectivity index (χ1v) is 7.32. The van der Waals surface area contributed by atoms with E-state index in [1.54, 1.807) is 24.3 Å². The quantitative estimate of drug-likeness (QED) is 0.540. The molecule has 0 spiro atoms. The van der Waals surface area contributed by atoms with Gasteiger partial charge in [0, 0.05) is 32.6 Å². The van der Waals surface area contributed by atoms with Crippen LogP contribution in [0, 0.1) is 0 Å². The third-order valence-corrected chi connectivity index (χ3v) is 3.42. The molecule has 0 bridgehead atoms. The molecule has 1 amide bonds. The fourth-order valence-corrected chi connectivity index (χ4v) is 2.37. The maximum absolute atomic E-state index is 11.6. The molecule has 1 aromatic heterocycles. The third-order valence-electron chi connectivity index (χ3n) is 2.58. The van der Waals surface area contributed by atoms with E-state index in [1.165, 1.54) is 18.3 Å². The Kier molecular flexibility index (Phi) is 7.17. The van der Waals surface area contributed by atoms with Gasteiger partial charge in [0.1, 0.15) is 5.01 Å². The van der Waals surface area contributed by atoms with Gasteiger partial charge in [-0.2, -0.15) is 0 Å². The number of thiazole rings is 1. The average molecular weight is 300 g/mol. The highest BCUT2D eigenvalue weighted by Crippen LogP contribution is 2.14. The number of methoxy groups -OCH3 is 1. The number of carbonyl (C=O) groups excluding carboxylic acids is 2. The second-order valence-corrected chi connectivity index (χ2v) is 5.08. The molecule has 6 nitrogen and oxygen atoms in total. The number of ether oxygens (including phenoxy) is 2. The monoisotopic (exact) mass is 300 g/mol. The number of hydrogen-bond acceptors (Lipinski definition) is 6. The van der Waals surface area contributed by atoms with Crippen LogP contribution in [0.5, 0.6) is 0 Å². The fourth-order valence-electron chi connectivity index (χ4n) is 1.59. The molecule has 1 heterocycles. The van der Waals surface area contributed by atoms with Crippen LogP contribution >= 0.6 is 11.3 Å². The maximum Gasteiger partial charge on any atom is 0.357 e. The second-order valence-electron chi connectivity index (χ2n) is 4.13. The lowest BCUT2D eigenvalue weighted by Crippen LogP contribution is -2.29. The van der Waals surface area contributed by atoms with E-state index in [9.17, 15) is 9.59 Å². The molecule has 0 aliphatic heterocycles. The Labute approximate surface area is 122 Å². The minimum absolute atomic E-state index is 0.0195. The van der Waals surface area contributed by atoms with E-state index in [2.05, 4.69) is 4.98 Å². The standard InChI is InChI=1S/C13H20N2O4S/c1-4-19-13(17)11-9-20-12(14-11)8-15(10(2)16)6-5-7-18-3/h9H,4-8H2,1-3H3. The second kappa shape index (κ2) is 8.65. The van der Waals surface area contributed by atoms with Crippen molar-refractivity contribution in [3.8, 4) is 0 Å². The Bertz CT molecular complexity index is 447. The van der Waals surface area contributed by atoms with Crippen LogP contribution in [-0.4, -0.2) is 48.6 Å². The minimum Gasteiger partial charge on any atom is -0.461 e. The topological polar surface area (TPSA) is 68.7 Å². The largest absolute Gasteiger partial charge is 0.461 e.